The van der Waals surface area contributed by atoms with Crippen molar-refractivity contribution >= 4 is 16.8 Å². The number of nitrogens with one attached hydrogen (secondary N) is 1. The summed E-state index contributed by atoms with van der Waals surface area (Å²) in [6.07, 6.45) is 1.45. The van der Waals surface area contributed by atoms with Crippen molar-refractivity contribution in [2.75, 3.05) is 26.8 Å². The van der Waals surface area contributed by atoms with Gasteiger partial charge in [0.05, 0.1) is 19.2 Å². The molecule has 0 atom stereocenters. The predicted octanol–water partition coefficient (Wildman–Crippen LogP) is 2.74. The number of likely N-dealkylation sites (tertiary alicyclic amines) is 1. The van der Waals surface area contributed by atoms with Crippen LogP contribution in [-0.2, 0) is 5.41 Å². The quantitative estimate of drug-likeness (QED) is 0.745. The molecule has 140 valence electrons. The number of aromatic nitrogens is 2. The second-order valence-corrected chi connectivity index (χ2v) is 7.08. The summed E-state index contributed by atoms with van der Waals surface area (Å²) in [6, 6.07) is 15.6. The van der Waals surface area contributed by atoms with E-state index in [0.717, 1.165) is 29.3 Å². The Morgan fingerprint density at radius 2 is 1.96 bits per heavy atom. The van der Waals surface area contributed by atoms with Gasteiger partial charge in [-0.3, -0.25) is 9.89 Å². The minimum Gasteiger partial charge on any atom is -0.497 e. The molecule has 6 nitrogen and oxygen atoms in total. The molecule has 6 heteroatoms. The van der Waals surface area contributed by atoms with Gasteiger partial charge in [-0.2, -0.15) is 5.10 Å². The number of aliphatic hydroxyl groups excluding tert-OH is 1. The molecule has 2 N–H and O–H groups in total. The van der Waals surface area contributed by atoms with Crippen molar-refractivity contribution in [3.05, 3.63) is 59.8 Å². The van der Waals surface area contributed by atoms with Gasteiger partial charge in [0.15, 0.2) is 5.69 Å². The van der Waals surface area contributed by atoms with E-state index in [1.807, 2.05) is 41.3 Å². The van der Waals surface area contributed by atoms with Crippen LogP contribution >= 0.6 is 0 Å². The standard InChI is InChI=1S/C21H23N3O3/c1-27-16-7-8-18-17(13-16)19(23-22-18)20(26)24-11-9-21(14-25,10-12-24)15-5-3-2-4-6-15/h2-8,13,25H,9-12,14H2,1H3,(H,22,23). The van der Waals surface area contributed by atoms with Gasteiger partial charge >= 0.3 is 0 Å². The monoisotopic (exact) mass is 365 g/mol. The molecule has 0 unspecified atom stereocenters. The first-order chi connectivity index (χ1) is 13.2. The Hall–Kier alpha value is -2.86. The molecule has 1 saturated heterocycles. The van der Waals surface area contributed by atoms with Crippen molar-refractivity contribution in [1.82, 2.24) is 15.1 Å². The maximum atomic E-state index is 13.1. The third-order valence-electron chi connectivity index (χ3n) is 5.67. The van der Waals surface area contributed by atoms with Crippen LogP contribution < -0.4 is 4.74 Å². The highest BCUT2D eigenvalue weighted by molar-refractivity contribution is 6.05. The number of H-pyrrole nitrogens is 1. The number of piperidine rings is 1. The van der Waals surface area contributed by atoms with Gasteiger partial charge < -0.3 is 14.7 Å². The summed E-state index contributed by atoms with van der Waals surface area (Å²) in [7, 11) is 1.60. The van der Waals surface area contributed by atoms with Crippen LogP contribution in [0.15, 0.2) is 48.5 Å². The topological polar surface area (TPSA) is 78.5 Å². The second-order valence-electron chi connectivity index (χ2n) is 7.08. The number of nitrogens with zero attached hydrogens (tertiary/aromatic N) is 2. The number of rotatable bonds is 4. The molecule has 0 saturated carbocycles. The Bertz CT molecular complexity index is 944. The van der Waals surface area contributed by atoms with E-state index in [1.165, 1.54) is 0 Å². The van der Waals surface area contributed by atoms with Gasteiger partial charge in [-0.05, 0) is 36.6 Å². The van der Waals surface area contributed by atoms with Gasteiger partial charge in [0.1, 0.15) is 5.75 Å². The van der Waals surface area contributed by atoms with Crippen molar-refractivity contribution < 1.29 is 14.6 Å². The van der Waals surface area contributed by atoms with Crippen molar-refractivity contribution in [2.24, 2.45) is 0 Å². The molecular formula is C21H23N3O3. The van der Waals surface area contributed by atoms with E-state index < -0.39 is 0 Å². The highest BCUT2D eigenvalue weighted by atomic mass is 16.5. The maximum Gasteiger partial charge on any atom is 0.274 e. The summed E-state index contributed by atoms with van der Waals surface area (Å²) < 4.78 is 5.27. The minimum absolute atomic E-state index is 0.0849. The number of methoxy groups -OCH3 is 1. The first-order valence-electron chi connectivity index (χ1n) is 9.15. The molecule has 27 heavy (non-hydrogen) atoms. The first-order valence-corrected chi connectivity index (χ1v) is 9.15. The molecule has 0 spiro atoms. The van der Waals surface area contributed by atoms with Crippen LogP contribution in [0.4, 0.5) is 0 Å². The third-order valence-corrected chi connectivity index (χ3v) is 5.67. The van der Waals surface area contributed by atoms with Crippen LogP contribution in [0.25, 0.3) is 10.9 Å². The molecule has 2 aromatic carbocycles. The van der Waals surface area contributed by atoms with E-state index in [4.69, 9.17) is 4.74 Å². The van der Waals surface area contributed by atoms with Crippen LogP contribution in [0.2, 0.25) is 0 Å². The molecule has 1 fully saturated rings. The summed E-state index contributed by atoms with van der Waals surface area (Å²) in [6.45, 7) is 1.26. The van der Waals surface area contributed by atoms with E-state index in [1.54, 1.807) is 7.11 Å². The molecule has 0 bridgehead atoms. The molecule has 0 aliphatic carbocycles. The van der Waals surface area contributed by atoms with Crippen molar-refractivity contribution in [1.29, 1.82) is 0 Å². The van der Waals surface area contributed by atoms with Gasteiger partial charge in [-0.25, -0.2) is 0 Å². The fourth-order valence-corrected chi connectivity index (χ4v) is 3.90. The Kier molecular flexibility index (Phi) is 4.58. The first kappa shape index (κ1) is 17.5. The highest BCUT2D eigenvalue weighted by Gasteiger charge is 2.37. The van der Waals surface area contributed by atoms with Gasteiger partial charge in [0.25, 0.3) is 5.91 Å². The highest BCUT2D eigenvalue weighted by Crippen LogP contribution is 2.35. The van der Waals surface area contributed by atoms with Crippen molar-refractivity contribution in [2.45, 2.75) is 18.3 Å². The SMILES string of the molecule is COc1ccc2[nH]nc(C(=O)N3CCC(CO)(c4ccccc4)CC3)c2c1. The summed E-state index contributed by atoms with van der Waals surface area (Å²) in [5.41, 5.74) is 2.08. The van der Waals surface area contributed by atoms with E-state index in [9.17, 15) is 9.90 Å². The molecule has 1 aliphatic heterocycles. The lowest BCUT2D eigenvalue weighted by molar-refractivity contribution is 0.0590. The molecule has 4 rings (SSSR count). The summed E-state index contributed by atoms with van der Waals surface area (Å²) in [5, 5.41) is 18.0. The Morgan fingerprint density at radius 3 is 2.63 bits per heavy atom. The van der Waals surface area contributed by atoms with Gasteiger partial charge in [0, 0.05) is 23.9 Å². The zero-order valence-corrected chi connectivity index (χ0v) is 15.3. The fourth-order valence-electron chi connectivity index (χ4n) is 3.90. The number of carbonyl (C=O) groups is 1. The lowest BCUT2D eigenvalue weighted by atomic mass is 9.73. The number of fused-ring (bicyclic) bond motifs is 1. The number of hydrogen-bond donors (Lipinski definition) is 2. The molecule has 1 aliphatic rings. The van der Waals surface area contributed by atoms with E-state index in [0.29, 0.717) is 24.5 Å². The molecule has 1 aromatic heterocycles. The van der Waals surface area contributed by atoms with E-state index in [-0.39, 0.29) is 17.9 Å². The van der Waals surface area contributed by atoms with Gasteiger partial charge in [-0.15, -0.1) is 0 Å². The number of amides is 1. The average molecular weight is 365 g/mol. The number of aliphatic hydroxyl groups is 1. The van der Waals surface area contributed by atoms with Crippen molar-refractivity contribution in [3.63, 3.8) is 0 Å². The number of hydrogen-bond acceptors (Lipinski definition) is 4. The van der Waals surface area contributed by atoms with Crippen LogP contribution in [0.3, 0.4) is 0 Å². The zero-order valence-electron chi connectivity index (χ0n) is 15.3. The van der Waals surface area contributed by atoms with Crippen LogP contribution in [-0.4, -0.2) is 52.9 Å². The van der Waals surface area contributed by atoms with Crippen LogP contribution in [0.5, 0.6) is 5.75 Å². The van der Waals surface area contributed by atoms with E-state index >= 15 is 0 Å². The molecule has 0 radical (unpaired) electrons. The third kappa shape index (κ3) is 3.06. The van der Waals surface area contributed by atoms with Gasteiger partial charge in [0.2, 0.25) is 0 Å². The van der Waals surface area contributed by atoms with Crippen LogP contribution in [0, 0.1) is 0 Å². The lowest BCUT2D eigenvalue weighted by Crippen LogP contribution is -2.47. The number of carbonyl (C=O) groups excluding carboxylic acids is 1. The van der Waals surface area contributed by atoms with Gasteiger partial charge in [-0.1, -0.05) is 30.3 Å². The number of aromatic amines is 1. The van der Waals surface area contributed by atoms with Crippen LogP contribution in [0.1, 0.15) is 28.9 Å². The Labute approximate surface area is 157 Å². The Morgan fingerprint density at radius 1 is 1.22 bits per heavy atom. The molecule has 2 heterocycles. The normalized spacial score (nSPS) is 16.4. The molecule has 3 aromatic rings. The largest absolute Gasteiger partial charge is 0.497 e. The minimum atomic E-state index is -0.283. The average Bonchev–Trinajstić information content (AvgIpc) is 3.17. The Balaban J connectivity index is 1.55. The molecule has 1 amide bonds. The van der Waals surface area contributed by atoms with Crippen molar-refractivity contribution in [3.8, 4) is 5.75 Å². The fraction of sp³-hybridized carbons (Fsp3) is 0.333. The van der Waals surface area contributed by atoms with E-state index in [2.05, 4.69) is 22.3 Å². The summed E-state index contributed by atoms with van der Waals surface area (Å²) in [4.78, 5) is 14.9. The summed E-state index contributed by atoms with van der Waals surface area (Å²) in [5.74, 6) is 0.606. The smallest absolute Gasteiger partial charge is 0.274 e. The predicted molar refractivity (Wildman–Crippen MR) is 103 cm³/mol. The maximum absolute atomic E-state index is 13.1. The zero-order chi connectivity index (χ0) is 18.9. The lowest BCUT2D eigenvalue weighted by Gasteiger charge is -2.41. The second kappa shape index (κ2) is 7.04. The molecular weight excluding hydrogens is 342 g/mol. The summed E-state index contributed by atoms with van der Waals surface area (Å²) >= 11 is 0. The number of ether oxygens (including phenoxy) is 1. The number of benzene rings is 2.